The van der Waals surface area contributed by atoms with Crippen molar-refractivity contribution in [2.45, 2.75) is 76.1 Å². The van der Waals surface area contributed by atoms with E-state index < -0.39 is 10.2 Å². The molecule has 0 radical (unpaired) electrons. The summed E-state index contributed by atoms with van der Waals surface area (Å²) in [7, 11) is -3.34. The Kier molecular flexibility index (Phi) is 3.62. The van der Waals surface area contributed by atoms with Crippen LogP contribution in [0.15, 0.2) is 0 Å². The average molecular weight is 288 g/mol. The fourth-order valence-electron chi connectivity index (χ4n) is 4.02. The van der Waals surface area contributed by atoms with Crippen molar-refractivity contribution in [3.05, 3.63) is 0 Å². The average Bonchev–Trinajstić information content (AvgIpc) is 2.63. The molecule has 0 saturated carbocycles. The van der Waals surface area contributed by atoms with Gasteiger partial charge in [0.25, 0.3) is 10.2 Å². The number of hydrogen-bond acceptors (Lipinski definition) is 3. The summed E-state index contributed by atoms with van der Waals surface area (Å²) in [5.74, 6) is 0. The van der Waals surface area contributed by atoms with Crippen LogP contribution in [0, 0.1) is 0 Å². The lowest BCUT2D eigenvalue weighted by Crippen LogP contribution is -2.56. The van der Waals surface area contributed by atoms with E-state index in [4.69, 9.17) is 0 Å². The third kappa shape index (κ3) is 2.33. The first kappa shape index (κ1) is 13.8. The lowest BCUT2D eigenvalue weighted by molar-refractivity contribution is 0.0718. The second kappa shape index (κ2) is 4.98. The maximum Gasteiger partial charge on any atom is 0.282 e. The normalized spacial score (nSPS) is 41.6. The number of aliphatic hydroxyl groups excluding tert-OH is 1. The molecule has 0 aliphatic carbocycles. The van der Waals surface area contributed by atoms with Crippen LogP contribution in [0.25, 0.3) is 0 Å². The topological polar surface area (TPSA) is 60.9 Å². The minimum atomic E-state index is -3.34. The molecule has 3 aliphatic rings. The van der Waals surface area contributed by atoms with Crippen LogP contribution >= 0.6 is 0 Å². The van der Waals surface area contributed by atoms with Crippen molar-refractivity contribution in [1.29, 1.82) is 0 Å². The first-order chi connectivity index (χ1) is 9.00. The molecule has 0 aromatic carbocycles. The molecule has 3 heterocycles. The molecule has 5 nitrogen and oxygen atoms in total. The predicted octanol–water partition coefficient (Wildman–Crippen LogP) is 1.09. The van der Waals surface area contributed by atoms with Gasteiger partial charge in [-0.15, -0.1) is 0 Å². The number of fused-ring (bicyclic) bond motifs is 2. The maximum atomic E-state index is 12.9. The molecule has 6 heteroatoms. The Hall–Kier alpha value is -0.170. The standard InChI is InChI=1S/C13H24N2O3S/c1-10-4-2-3-7-14(10)19(17,18)15-11-5-6-12(15)9-13(16)8-11/h10-13,16H,2-9H2,1H3. The molecule has 3 rings (SSSR count). The quantitative estimate of drug-likeness (QED) is 0.827. The van der Waals surface area contributed by atoms with E-state index in [0.717, 1.165) is 32.1 Å². The smallest absolute Gasteiger partial charge is 0.282 e. The number of hydrogen-bond donors (Lipinski definition) is 1. The van der Waals surface area contributed by atoms with Crippen LogP contribution in [0.4, 0.5) is 0 Å². The summed E-state index contributed by atoms with van der Waals surface area (Å²) in [5.41, 5.74) is 0. The van der Waals surface area contributed by atoms with Crippen molar-refractivity contribution in [2.24, 2.45) is 0 Å². The van der Waals surface area contributed by atoms with Crippen LogP contribution in [0.5, 0.6) is 0 Å². The lowest BCUT2D eigenvalue weighted by Gasteiger charge is -2.42. The fraction of sp³-hybridized carbons (Fsp3) is 1.00. The molecule has 19 heavy (non-hydrogen) atoms. The van der Waals surface area contributed by atoms with Gasteiger partial charge < -0.3 is 5.11 Å². The molecular weight excluding hydrogens is 264 g/mol. The Bertz CT molecular complexity index is 425. The molecule has 110 valence electrons. The summed E-state index contributed by atoms with van der Waals surface area (Å²) in [6.07, 6.45) is 5.77. The molecule has 3 fully saturated rings. The van der Waals surface area contributed by atoms with Crippen molar-refractivity contribution in [3.63, 3.8) is 0 Å². The first-order valence-electron chi connectivity index (χ1n) is 7.48. The molecule has 3 atom stereocenters. The minimum Gasteiger partial charge on any atom is -0.393 e. The van der Waals surface area contributed by atoms with E-state index in [2.05, 4.69) is 0 Å². The maximum absolute atomic E-state index is 12.9. The second-order valence-electron chi connectivity index (χ2n) is 6.30. The number of nitrogens with zero attached hydrogens (tertiary/aromatic N) is 2. The van der Waals surface area contributed by atoms with Crippen LogP contribution in [0.2, 0.25) is 0 Å². The summed E-state index contributed by atoms with van der Waals surface area (Å²) in [6.45, 7) is 2.67. The highest BCUT2D eigenvalue weighted by molar-refractivity contribution is 7.86. The van der Waals surface area contributed by atoms with Gasteiger partial charge in [0.2, 0.25) is 0 Å². The van der Waals surface area contributed by atoms with Crippen LogP contribution < -0.4 is 0 Å². The van der Waals surface area contributed by atoms with Gasteiger partial charge in [0.1, 0.15) is 0 Å². The van der Waals surface area contributed by atoms with Crippen LogP contribution in [-0.4, -0.2) is 52.9 Å². The van der Waals surface area contributed by atoms with Gasteiger partial charge in [-0.25, -0.2) is 0 Å². The minimum absolute atomic E-state index is 0.0212. The van der Waals surface area contributed by atoms with Gasteiger partial charge in [-0.3, -0.25) is 0 Å². The fourth-order valence-corrected chi connectivity index (χ4v) is 6.32. The van der Waals surface area contributed by atoms with E-state index in [9.17, 15) is 13.5 Å². The summed E-state index contributed by atoms with van der Waals surface area (Å²) in [5, 5.41) is 9.80. The monoisotopic (exact) mass is 288 g/mol. The molecule has 3 saturated heterocycles. The molecule has 3 unspecified atom stereocenters. The van der Waals surface area contributed by atoms with E-state index in [1.165, 1.54) is 0 Å². The summed E-state index contributed by atoms with van der Waals surface area (Å²) in [4.78, 5) is 0. The van der Waals surface area contributed by atoms with E-state index >= 15 is 0 Å². The highest BCUT2D eigenvalue weighted by Gasteiger charge is 2.49. The molecule has 1 N–H and O–H groups in total. The van der Waals surface area contributed by atoms with Gasteiger partial charge in [0, 0.05) is 24.7 Å². The highest BCUT2D eigenvalue weighted by atomic mass is 32.2. The molecule has 0 spiro atoms. The van der Waals surface area contributed by atoms with E-state index in [1.54, 1.807) is 8.61 Å². The second-order valence-corrected chi connectivity index (χ2v) is 8.09. The van der Waals surface area contributed by atoms with E-state index in [0.29, 0.717) is 19.4 Å². The Morgan fingerprint density at radius 1 is 1.05 bits per heavy atom. The highest BCUT2D eigenvalue weighted by Crippen LogP contribution is 2.39. The zero-order valence-electron chi connectivity index (χ0n) is 11.5. The third-order valence-electron chi connectivity index (χ3n) is 4.95. The zero-order valence-corrected chi connectivity index (χ0v) is 12.3. The number of piperidine rings is 2. The number of rotatable bonds is 2. The Morgan fingerprint density at radius 2 is 1.68 bits per heavy atom. The lowest BCUT2D eigenvalue weighted by atomic mass is 10.0. The SMILES string of the molecule is CC1CCCCN1S(=O)(=O)N1C2CCC1CC(O)C2. The Morgan fingerprint density at radius 3 is 2.26 bits per heavy atom. The summed E-state index contributed by atoms with van der Waals surface area (Å²) in [6, 6.07) is 0.158. The molecule has 0 amide bonds. The van der Waals surface area contributed by atoms with E-state index in [-0.39, 0.29) is 24.2 Å². The molecular formula is C13H24N2O3S. The van der Waals surface area contributed by atoms with Gasteiger partial charge in [0.15, 0.2) is 0 Å². The molecule has 0 aromatic heterocycles. The van der Waals surface area contributed by atoms with Crippen molar-refractivity contribution in [1.82, 2.24) is 8.61 Å². The van der Waals surface area contributed by atoms with Gasteiger partial charge in [-0.05, 0) is 45.4 Å². The summed E-state index contributed by atoms with van der Waals surface area (Å²) >= 11 is 0. The summed E-state index contributed by atoms with van der Waals surface area (Å²) < 4.78 is 29.2. The van der Waals surface area contributed by atoms with Gasteiger partial charge in [0.05, 0.1) is 6.10 Å². The van der Waals surface area contributed by atoms with E-state index in [1.807, 2.05) is 6.92 Å². The number of aliphatic hydroxyl groups is 1. The third-order valence-corrected chi connectivity index (χ3v) is 7.21. The Balaban J connectivity index is 1.84. The van der Waals surface area contributed by atoms with Crippen LogP contribution in [0.1, 0.15) is 51.9 Å². The molecule has 3 aliphatic heterocycles. The molecule has 2 bridgehead atoms. The van der Waals surface area contributed by atoms with Gasteiger partial charge >= 0.3 is 0 Å². The van der Waals surface area contributed by atoms with Crippen molar-refractivity contribution >= 4 is 10.2 Å². The largest absolute Gasteiger partial charge is 0.393 e. The van der Waals surface area contributed by atoms with Crippen molar-refractivity contribution in [2.75, 3.05) is 6.54 Å². The van der Waals surface area contributed by atoms with Gasteiger partial charge in [-0.2, -0.15) is 17.0 Å². The molecule has 0 aromatic rings. The van der Waals surface area contributed by atoms with Crippen LogP contribution in [-0.2, 0) is 10.2 Å². The zero-order chi connectivity index (χ0) is 13.6. The predicted molar refractivity (Wildman–Crippen MR) is 72.8 cm³/mol. The van der Waals surface area contributed by atoms with Gasteiger partial charge in [-0.1, -0.05) is 6.42 Å². The van der Waals surface area contributed by atoms with Crippen molar-refractivity contribution in [3.8, 4) is 0 Å². The Labute approximate surface area is 115 Å². The van der Waals surface area contributed by atoms with Crippen LogP contribution in [0.3, 0.4) is 0 Å². The van der Waals surface area contributed by atoms with Crippen molar-refractivity contribution < 1.29 is 13.5 Å². The first-order valence-corrected chi connectivity index (χ1v) is 8.88.